The molecule has 0 saturated carbocycles. The molecule has 1 N–H and O–H groups in total. The maximum atomic E-state index is 11.2. The number of carbonyl (C=O) groups is 1. The van der Waals surface area contributed by atoms with E-state index in [-0.39, 0.29) is 11.2 Å². The summed E-state index contributed by atoms with van der Waals surface area (Å²) >= 11 is 0. The Morgan fingerprint density at radius 1 is 1.30 bits per heavy atom. The van der Waals surface area contributed by atoms with E-state index in [1.807, 2.05) is 24.3 Å². The Morgan fingerprint density at radius 2 is 2.05 bits per heavy atom. The smallest absolute Gasteiger partial charge is 0.374 e. The highest BCUT2D eigenvalue weighted by molar-refractivity contribution is 5.94. The highest BCUT2D eigenvalue weighted by Crippen LogP contribution is 2.34. The number of benzene rings is 1. The van der Waals surface area contributed by atoms with Crippen molar-refractivity contribution >= 4 is 22.7 Å². The van der Waals surface area contributed by atoms with Crippen molar-refractivity contribution in [2.45, 2.75) is 20.3 Å². The van der Waals surface area contributed by atoms with Gasteiger partial charge < -0.3 is 10.0 Å². The summed E-state index contributed by atoms with van der Waals surface area (Å²) in [6.45, 7) is 6.21. The van der Waals surface area contributed by atoms with Crippen molar-refractivity contribution in [3.05, 3.63) is 30.1 Å². The van der Waals surface area contributed by atoms with E-state index in [0.29, 0.717) is 5.52 Å². The lowest BCUT2D eigenvalue weighted by Gasteiger charge is -2.22. The molecule has 104 valence electrons. The first kappa shape index (κ1) is 12.8. The number of nitrogens with zero attached hydrogens (tertiary/aromatic N) is 3. The van der Waals surface area contributed by atoms with Gasteiger partial charge >= 0.3 is 5.97 Å². The number of fused-ring (bicyclic) bond motifs is 1. The molecule has 0 spiro atoms. The van der Waals surface area contributed by atoms with E-state index in [0.717, 1.165) is 30.7 Å². The van der Waals surface area contributed by atoms with Gasteiger partial charge in [-0.1, -0.05) is 26.0 Å². The average molecular weight is 271 g/mol. The van der Waals surface area contributed by atoms with Crippen LogP contribution in [-0.2, 0) is 0 Å². The third-order valence-electron chi connectivity index (χ3n) is 3.75. The van der Waals surface area contributed by atoms with Crippen LogP contribution in [0.25, 0.3) is 10.9 Å². The zero-order valence-electron chi connectivity index (χ0n) is 11.6. The zero-order chi connectivity index (χ0) is 14.3. The molecule has 5 nitrogen and oxygen atoms in total. The highest BCUT2D eigenvalue weighted by Gasteiger charge is 2.31. The monoisotopic (exact) mass is 271 g/mol. The Kier molecular flexibility index (Phi) is 2.85. The van der Waals surface area contributed by atoms with Crippen LogP contribution in [-0.4, -0.2) is 34.1 Å². The number of para-hydroxylation sites is 1. The van der Waals surface area contributed by atoms with E-state index in [1.54, 1.807) is 0 Å². The molecule has 1 saturated heterocycles. The van der Waals surface area contributed by atoms with Crippen molar-refractivity contribution < 1.29 is 9.90 Å². The molecule has 1 aliphatic rings. The molecule has 20 heavy (non-hydrogen) atoms. The summed E-state index contributed by atoms with van der Waals surface area (Å²) < 4.78 is 0. The second-order valence-corrected chi connectivity index (χ2v) is 6.03. The fourth-order valence-corrected chi connectivity index (χ4v) is 2.69. The normalized spacial score (nSPS) is 17.6. The topological polar surface area (TPSA) is 66.3 Å². The Labute approximate surface area is 117 Å². The number of hydrogen-bond acceptors (Lipinski definition) is 4. The maximum absolute atomic E-state index is 11.2. The van der Waals surface area contributed by atoms with Crippen LogP contribution in [0.15, 0.2) is 24.3 Å². The van der Waals surface area contributed by atoms with E-state index in [4.69, 9.17) is 0 Å². The average Bonchev–Trinajstić information content (AvgIpc) is 2.77. The predicted octanol–water partition coefficient (Wildman–Crippen LogP) is 2.56. The van der Waals surface area contributed by atoms with Crippen molar-refractivity contribution in [3.63, 3.8) is 0 Å². The molecule has 0 amide bonds. The first-order valence-corrected chi connectivity index (χ1v) is 6.71. The Balaban J connectivity index is 2.15. The molecule has 0 atom stereocenters. The number of aromatic nitrogens is 2. The van der Waals surface area contributed by atoms with E-state index in [1.165, 1.54) is 0 Å². The highest BCUT2D eigenvalue weighted by atomic mass is 16.4. The second-order valence-electron chi connectivity index (χ2n) is 6.03. The van der Waals surface area contributed by atoms with Crippen molar-refractivity contribution in [1.82, 2.24) is 9.97 Å². The standard InChI is InChI=1S/C15H17N3O2/c1-15(2)7-8-18(9-15)13-10-5-3-4-6-11(10)16-12(17-13)14(19)20/h3-6H,7-9H2,1-2H3,(H,19,20). The summed E-state index contributed by atoms with van der Waals surface area (Å²) in [5.74, 6) is -0.488. The number of carboxylic acid groups (broad SMARTS) is 1. The van der Waals surface area contributed by atoms with Crippen LogP contribution in [0.1, 0.15) is 30.9 Å². The summed E-state index contributed by atoms with van der Waals surface area (Å²) in [5.41, 5.74) is 0.912. The van der Waals surface area contributed by atoms with Gasteiger partial charge in [-0.3, -0.25) is 0 Å². The summed E-state index contributed by atoms with van der Waals surface area (Å²) in [7, 11) is 0. The molecule has 0 radical (unpaired) electrons. The Hall–Kier alpha value is -2.17. The number of hydrogen-bond donors (Lipinski definition) is 1. The van der Waals surface area contributed by atoms with Gasteiger partial charge in [0.25, 0.3) is 0 Å². The van der Waals surface area contributed by atoms with Gasteiger partial charge in [-0.05, 0) is 24.0 Å². The SMILES string of the molecule is CC1(C)CCN(c2nc(C(=O)O)nc3ccccc23)C1. The minimum atomic E-state index is -1.09. The van der Waals surface area contributed by atoms with E-state index >= 15 is 0 Å². The molecule has 2 aromatic rings. The molecule has 0 aliphatic carbocycles. The number of aromatic carboxylic acids is 1. The lowest BCUT2D eigenvalue weighted by Crippen LogP contribution is -2.25. The fourth-order valence-electron chi connectivity index (χ4n) is 2.69. The molecule has 1 fully saturated rings. The number of rotatable bonds is 2. The third-order valence-corrected chi connectivity index (χ3v) is 3.75. The zero-order valence-corrected chi connectivity index (χ0v) is 11.6. The first-order chi connectivity index (χ1) is 9.46. The van der Waals surface area contributed by atoms with Crippen LogP contribution in [0.2, 0.25) is 0 Å². The van der Waals surface area contributed by atoms with Gasteiger partial charge in [-0.15, -0.1) is 0 Å². The Bertz CT molecular complexity index is 682. The second kappa shape index (κ2) is 4.44. The van der Waals surface area contributed by atoms with Crippen LogP contribution in [0.3, 0.4) is 0 Å². The van der Waals surface area contributed by atoms with Gasteiger partial charge in [0.05, 0.1) is 5.52 Å². The first-order valence-electron chi connectivity index (χ1n) is 6.71. The van der Waals surface area contributed by atoms with Crippen LogP contribution < -0.4 is 4.90 Å². The van der Waals surface area contributed by atoms with Gasteiger partial charge in [-0.25, -0.2) is 14.8 Å². The summed E-state index contributed by atoms with van der Waals surface area (Å²) in [6.07, 6.45) is 1.08. The minimum Gasteiger partial charge on any atom is -0.475 e. The van der Waals surface area contributed by atoms with Crippen LogP contribution in [0.5, 0.6) is 0 Å². The van der Waals surface area contributed by atoms with Gasteiger partial charge in [0.1, 0.15) is 5.82 Å². The van der Waals surface area contributed by atoms with Crippen LogP contribution >= 0.6 is 0 Å². The molecule has 0 unspecified atom stereocenters. The Morgan fingerprint density at radius 3 is 2.70 bits per heavy atom. The fraction of sp³-hybridized carbons (Fsp3) is 0.400. The van der Waals surface area contributed by atoms with Gasteiger partial charge in [-0.2, -0.15) is 0 Å². The van der Waals surface area contributed by atoms with Crippen molar-refractivity contribution in [3.8, 4) is 0 Å². The molecular weight excluding hydrogens is 254 g/mol. The maximum Gasteiger partial charge on any atom is 0.374 e. The van der Waals surface area contributed by atoms with Crippen molar-refractivity contribution in [2.75, 3.05) is 18.0 Å². The predicted molar refractivity (Wildman–Crippen MR) is 77.1 cm³/mol. The largest absolute Gasteiger partial charge is 0.475 e. The molecule has 1 aromatic heterocycles. The van der Waals surface area contributed by atoms with E-state index in [2.05, 4.69) is 28.7 Å². The molecule has 5 heteroatoms. The van der Waals surface area contributed by atoms with E-state index < -0.39 is 5.97 Å². The van der Waals surface area contributed by atoms with Crippen LogP contribution in [0, 0.1) is 5.41 Å². The quantitative estimate of drug-likeness (QED) is 0.909. The van der Waals surface area contributed by atoms with Crippen molar-refractivity contribution in [2.24, 2.45) is 5.41 Å². The van der Waals surface area contributed by atoms with Gasteiger partial charge in [0, 0.05) is 18.5 Å². The minimum absolute atomic E-state index is 0.136. The lowest BCUT2D eigenvalue weighted by molar-refractivity contribution is 0.0684. The summed E-state index contributed by atoms with van der Waals surface area (Å²) in [4.78, 5) is 21.7. The van der Waals surface area contributed by atoms with Gasteiger partial charge in [0.2, 0.25) is 5.82 Å². The third kappa shape index (κ3) is 2.19. The lowest BCUT2D eigenvalue weighted by atomic mass is 9.93. The molecule has 0 bridgehead atoms. The van der Waals surface area contributed by atoms with Crippen LogP contribution in [0.4, 0.5) is 5.82 Å². The number of anilines is 1. The van der Waals surface area contributed by atoms with Crippen molar-refractivity contribution in [1.29, 1.82) is 0 Å². The van der Waals surface area contributed by atoms with Gasteiger partial charge in [0.15, 0.2) is 0 Å². The molecule has 2 heterocycles. The molecule has 1 aromatic carbocycles. The summed E-state index contributed by atoms with van der Waals surface area (Å²) in [5, 5.41) is 10.1. The number of carboxylic acids is 1. The molecular formula is C15H17N3O2. The summed E-state index contributed by atoms with van der Waals surface area (Å²) in [6, 6.07) is 7.56. The van der Waals surface area contributed by atoms with E-state index in [9.17, 15) is 9.90 Å². The molecule has 3 rings (SSSR count). The molecule has 1 aliphatic heterocycles.